The molecule has 5 nitrogen and oxygen atoms in total. The zero-order chi connectivity index (χ0) is 11.3. The standard InChI is InChI=1S/C10H12N2O3/c11-8-3-1-7(2-4-8)5-9(10(14)15)12-6-13/h1-4,6,9H,5,11H2,(H,12,13)(H,14,15). The van der Waals surface area contributed by atoms with Gasteiger partial charge in [0.2, 0.25) is 6.41 Å². The van der Waals surface area contributed by atoms with E-state index in [1.165, 1.54) is 0 Å². The Morgan fingerprint density at radius 1 is 1.47 bits per heavy atom. The van der Waals surface area contributed by atoms with Crippen molar-refractivity contribution in [2.75, 3.05) is 5.73 Å². The minimum Gasteiger partial charge on any atom is -0.480 e. The van der Waals surface area contributed by atoms with Gasteiger partial charge in [0.1, 0.15) is 6.04 Å². The number of nitrogens with one attached hydrogen (secondary N) is 1. The third kappa shape index (κ3) is 3.30. The molecule has 1 amide bonds. The summed E-state index contributed by atoms with van der Waals surface area (Å²) in [6, 6.07) is 5.95. The first-order chi connectivity index (χ1) is 7.13. The molecule has 1 unspecified atom stereocenters. The summed E-state index contributed by atoms with van der Waals surface area (Å²) in [5, 5.41) is 11.0. The maximum Gasteiger partial charge on any atom is 0.326 e. The zero-order valence-corrected chi connectivity index (χ0v) is 8.01. The van der Waals surface area contributed by atoms with Gasteiger partial charge in [-0.1, -0.05) is 12.1 Å². The summed E-state index contributed by atoms with van der Waals surface area (Å²) >= 11 is 0. The highest BCUT2D eigenvalue weighted by Crippen LogP contribution is 2.07. The van der Waals surface area contributed by atoms with E-state index in [-0.39, 0.29) is 6.42 Å². The highest BCUT2D eigenvalue weighted by molar-refractivity contribution is 5.76. The molecule has 0 fully saturated rings. The van der Waals surface area contributed by atoms with Crippen LogP contribution in [-0.2, 0) is 16.0 Å². The second-order valence-electron chi connectivity index (χ2n) is 3.12. The molecule has 0 radical (unpaired) electrons. The molecular weight excluding hydrogens is 196 g/mol. The summed E-state index contributed by atoms with van der Waals surface area (Å²) in [5.74, 6) is -1.06. The van der Waals surface area contributed by atoms with Crippen LogP contribution in [0, 0.1) is 0 Å². The van der Waals surface area contributed by atoms with Crippen LogP contribution < -0.4 is 11.1 Å². The van der Waals surface area contributed by atoms with E-state index >= 15 is 0 Å². The molecule has 0 saturated heterocycles. The Kier molecular flexibility index (Phi) is 3.68. The Morgan fingerprint density at radius 2 is 2.07 bits per heavy atom. The van der Waals surface area contributed by atoms with Crippen LogP contribution in [-0.4, -0.2) is 23.5 Å². The fourth-order valence-corrected chi connectivity index (χ4v) is 1.19. The van der Waals surface area contributed by atoms with E-state index in [2.05, 4.69) is 5.32 Å². The predicted octanol–water partition coefficient (Wildman–Crippen LogP) is 0.0105. The van der Waals surface area contributed by atoms with E-state index in [1.807, 2.05) is 0 Å². The van der Waals surface area contributed by atoms with Crippen molar-refractivity contribution in [2.45, 2.75) is 12.5 Å². The molecule has 1 atom stereocenters. The molecule has 1 rings (SSSR count). The minimum atomic E-state index is -1.06. The molecule has 0 aromatic heterocycles. The topological polar surface area (TPSA) is 92.4 Å². The van der Waals surface area contributed by atoms with E-state index in [4.69, 9.17) is 10.8 Å². The summed E-state index contributed by atoms with van der Waals surface area (Å²) in [6.45, 7) is 0. The molecule has 0 heterocycles. The van der Waals surface area contributed by atoms with Gasteiger partial charge in [0.05, 0.1) is 0 Å². The highest BCUT2D eigenvalue weighted by atomic mass is 16.4. The lowest BCUT2D eigenvalue weighted by atomic mass is 10.1. The Morgan fingerprint density at radius 3 is 2.53 bits per heavy atom. The summed E-state index contributed by atoms with van der Waals surface area (Å²) in [7, 11) is 0. The number of anilines is 1. The summed E-state index contributed by atoms with van der Waals surface area (Å²) in [5.41, 5.74) is 6.92. The smallest absolute Gasteiger partial charge is 0.326 e. The van der Waals surface area contributed by atoms with Gasteiger partial charge in [-0.15, -0.1) is 0 Å². The van der Waals surface area contributed by atoms with Crippen molar-refractivity contribution in [3.63, 3.8) is 0 Å². The molecule has 0 aliphatic rings. The van der Waals surface area contributed by atoms with Crippen molar-refractivity contribution >= 4 is 18.1 Å². The largest absolute Gasteiger partial charge is 0.480 e. The third-order valence-electron chi connectivity index (χ3n) is 1.99. The first kappa shape index (κ1) is 11.0. The van der Waals surface area contributed by atoms with Crippen LogP contribution >= 0.6 is 0 Å². The van der Waals surface area contributed by atoms with Crippen molar-refractivity contribution in [3.05, 3.63) is 29.8 Å². The number of hydrogen-bond acceptors (Lipinski definition) is 3. The quantitative estimate of drug-likeness (QED) is 0.469. The number of carbonyl (C=O) groups excluding carboxylic acids is 1. The molecule has 5 heteroatoms. The number of aliphatic carboxylic acids is 1. The molecule has 15 heavy (non-hydrogen) atoms. The molecule has 0 spiro atoms. The van der Waals surface area contributed by atoms with Gasteiger partial charge in [0.25, 0.3) is 0 Å². The lowest BCUT2D eigenvalue weighted by molar-refractivity contribution is -0.140. The van der Waals surface area contributed by atoms with Crippen molar-refractivity contribution in [3.8, 4) is 0 Å². The van der Waals surface area contributed by atoms with Crippen LogP contribution in [0.25, 0.3) is 0 Å². The molecule has 1 aromatic rings. The Bertz CT molecular complexity index is 348. The number of benzene rings is 1. The highest BCUT2D eigenvalue weighted by Gasteiger charge is 2.16. The number of hydrogen-bond donors (Lipinski definition) is 3. The number of nitrogen functional groups attached to an aromatic ring is 1. The fraction of sp³-hybridized carbons (Fsp3) is 0.200. The third-order valence-corrected chi connectivity index (χ3v) is 1.99. The lowest BCUT2D eigenvalue weighted by Crippen LogP contribution is -2.37. The van der Waals surface area contributed by atoms with Gasteiger partial charge in [-0.2, -0.15) is 0 Å². The van der Waals surface area contributed by atoms with Gasteiger partial charge in [-0.05, 0) is 17.7 Å². The molecule has 1 aromatic carbocycles. The van der Waals surface area contributed by atoms with E-state index in [0.717, 1.165) is 5.56 Å². The number of carboxylic acid groups (broad SMARTS) is 1. The van der Waals surface area contributed by atoms with Gasteiger partial charge < -0.3 is 16.2 Å². The molecule has 80 valence electrons. The van der Waals surface area contributed by atoms with Gasteiger partial charge in [-0.3, -0.25) is 4.79 Å². The number of rotatable bonds is 5. The van der Waals surface area contributed by atoms with E-state index < -0.39 is 12.0 Å². The summed E-state index contributed by atoms with van der Waals surface area (Å²) in [6.07, 6.45) is 0.629. The maximum atomic E-state index is 10.7. The van der Waals surface area contributed by atoms with Gasteiger partial charge in [0, 0.05) is 12.1 Å². The molecule has 0 aliphatic heterocycles. The van der Waals surface area contributed by atoms with Crippen molar-refractivity contribution in [1.82, 2.24) is 5.32 Å². The van der Waals surface area contributed by atoms with Crippen LogP contribution in [0.1, 0.15) is 5.56 Å². The van der Waals surface area contributed by atoms with Crippen molar-refractivity contribution in [1.29, 1.82) is 0 Å². The second-order valence-corrected chi connectivity index (χ2v) is 3.12. The van der Waals surface area contributed by atoms with Gasteiger partial charge >= 0.3 is 5.97 Å². The van der Waals surface area contributed by atoms with Crippen molar-refractivity contribution < 1.29 is 14.7 Å². The van der Waals surface area contributed by atoms with Crippen LogP contribution in [0.5, 0.6) is 0 Å². The van der Waals surface area contributed by atoms with E-state index in [1.54, 1.807) is 24.3 Å². The van der Waals surface area contributed by atoms with Gasteiger partial charge in [0.15, 0.2) is 0 Å². The summed E-state index contributed by atoms with van der Waals surface area (Å²) < 4.78 is 0. The molecule has 4 N–H and O–H groups in total. The van der Waals surface area contributed by atoms with E-state index in [0.29, 0.717) is 12.1 Å². The normalized spacial score (nSPS) is 11.7. The SMILES string of the molecule is Nc1ccc(CC(NC=O)C(=O)O)cc1. The monoisotopic (exact) mass is 208 g/mol. The van der Waals surface area contributed by atoms with Crippen LogP contribution in [0.3, 0.4) is 0 Å². The fourth-order valence-electron chi connectivity index (χ4n) is 1.19. The maximum absolute atomic E-state index is 10.7. The zero-order valence-electron chi connectivity index (χ0n) is 8.01. The van der Waals surface area contributed by atoms with E-state index in [9.17, 15) is 9.59 Å². The second kappa shape index (κ2) is 4.99. The number of carbonyl (C=O) groups is 2. The molecule has 0 bridgehead atoms. The van der Waals surface area contributed by atoms with Crippen LogP contribution in [0.15, 0.2) is 24.3 Å². The Hall–Kier alpha value is -2.04. The first-order valence-corrected chi connectivity index (χ1v) is 4.40. The van der Waals surface area contributed by atoms with Gasteiger partial charge in [-0.25, -0.2) is 4.79 Å². The Labute approximate surface area is 86.9 Å². The number of carboxylic acids is 1. The summed E-state index contributed by atoms with van der Waals surface area (Å²) in [4.78, 5) is 20.9. The predicted molar refractivity (Wildman–Crippen MR) is 55.2 cm³/mol. The minimum absolute atomic E-state index is 0.244. The average Bonchev–Trinajstić information content (AvgIpc) is 2.20. The first-order valence-electron chi connectivity index (χ1n) is 4.40. The average molecular weight is 208 g/mol. The molecule has 0 aliphatic carbocycles. The number of nitrogens with two attached hydrogens (primary N) is 1. The molecular formula is C10H12N2O3. The van der Waals surface area contributed by atoms with Crippen LogP contribution in [0.4, 0.5) is 5.69 Å². The molecule has 0 saturated carbocycles. The van der Waals surface area contributed by atoms with Crippen LogP contribution in [0.2, 0.25) is 0 Å². The lowest BCUT2D eigenvalue weighted by Gasteiger charge is -2.10. The number of amides is 1. The van der Waals surface area contributed by atoms with Crippen molar-refractivity contribution in [2.24, 2.45) is 0 Å². The Balaban J connectivity index is 2.69.